The Labute approximate surface area is 69.9 Å². The van der Waals surface area contributed by atoms with Crippen molar-refractivity contribution in [1.82, 2.24) is 9.96 Å². The first kappa shape index (κ1) is 7.30. The fourth-order valence-electron chi connectivity index (χ4n) is 1.26. The summed E-state index contributed by atoms with van der Waals surface area (Å²) < 4.78 is 0. The summed E-state index contributed by atoms with van der Waals surface area (Å²) in [4.78, 5) is 21.9. The zero-order valence-corrected chi connectivity index (χ0v) is 6.73. The molecule has 0 aromatic carbocycles. The summed E-state index contributed by atoms with van der Waals surface area (Å²) in [6.45, 7) is 1.31. The van der Waals surface area contributed by atoms with Crippen LogP contribution < -0.4 is 0 Å². The van der Waals surface area contributed by atoms with E-state index in [0.29, 0.717) is 19.0 Å². The van der Waals surface area contributed by atoms with Crippen LogP contribution in [0.3, 0.4) is 0 Å². The van der Waals surface area contributed by atoms with Crippen LogP contribution >= 0.6 is 0 Å². The summed E-state index contributed by atoms with van der Waals surface area (Å²) in [5, 5.41) is 1.48. The van der Waals surface area contributed by atoms with Crippen molar-refractivity contribution < 1.29 is 9.63 Å². The largest absolute Gasteiger partial charge is 0.275 e. The Morgan fingerprint density at radius 3 is 3.25 bits per heavy atom. The summed E-state index contributed by atoms with van der Waals surface area (Å²) in [7, 11) is 1.54. The minimum atomic E-state index is -0.0282. The van der Waals surface area contributed by atoms with Gasteiger partial charge in [0.05, 0.1) is 13.7 Å². The van der Waals surface area contributed by atoms with E-state index in [-0.39, 0.29) is 5.91 Å². The molecule has 64 valence electrons. The van der Waals surface area contributed by atoms with Gasteiger partial charge in [-0.25, -0.2) is 4.99 Å². The quantitative estimate of drug-likeness (QED) is 0.532. The maximum Gasteiger partial charge on any atom is 0.254 e. The fourth-order valence-corrected chi connectivity index (χ4v) is 1.26. The average Bonchev–Trinajstić information content (AvgIpc) is 2.54. The Morgan fingerprint density at radius 2 is 2.50 bits per heavy atom. The molecule has 0 unspecified atom stereocenters. The molecule has 2 aliphatic rings. The Bertz CT molecular complexity index is 272. The first-order valence-corrected chi connectivity index (χ1v) is 3.70. The van der Waals surface area contributed by atoms with E-state index in [0.717, 1.165) is 0 Å². The van der Waals surface area contributed by atoms with Crippen LogP contribution in [-0.4, -0.2) is 42.0 Å². The molecule has 5 nitrogen and oxygen atoms in total. The van der Waals surface area contributed by atoms with Gasteiger partial charge in [-0.05, 0) is 0 Å². The molecule has 0 bridgehead atoms. The van der Waals surface area contributed by atoms with Crippen molar-refractivity contribution in [2.75, 3.05) is 20.2 Å². The number of nitrogens with zero attached hydrogens (tertiary/aromatic N) is 3. The van der Waals surface area contributed by atoms with Gasteiger partial charge in [0.1, 0.15) is 0 Å². The van der Waals surface area contributed by atoms with Gasteiger partial charge in [0.15, 0.2) is 0 Å². The van der Waals surface area contributed by atoms with E-state index < -0.39 is 0 Å². The van der Waals surface area contributed by atoms with Crippen LogP contribution in [0.15, 0.2) is 17.3 Å². The predicted octanol–water partition coefficient (Wildman–Crippen LogP) is -0.425. The Hall–Kier alpha value is -1.36. The number of hydrogen-bond donors (Lipinski definition) is 0. The molecule has 0 aliphatic carbocycles. The Kier molecular flexibility index (Phi) is 1.58. The number of hydrogen-bond acceptors (Lipinski definition) is 4. The Morgan fingerprint density at radius 1 is 1.67 bits per heavy atom. The van der Waals surface area contributed by atoms with Crippen molar-refractivity contribution >= 4 is 11.9 Å². The summed E-state index contributed by atoms with van der Waals surface area (Å²) in [6, 6.07) is 0. The minimum absolute atomic E-state index is 0.0282. The summed E-state index contributed by atoms with van der Waals surface area (Å²) >= 11 is 0. The highest BCUT2D eigenvalue weighted by atomic mass is 16.7. The van der Waals surface area contributed by atoms with Crippen LogP contribution in [-0.2, 0) is 9.63 Å². The third kappa shape index (κ3) is 0.902. The molecule has 2 heterocycles. The molecule has 0 saturated carbocycles. The lowest BCUT2D eigenvalue weighted by molar-refractivity contribution is -0.125. The second kappa shape index (κ2) is 2.60. The van der Waals surface area contributed by atoms with Crippen LogP contribution in [0.5, 0.6) is 0 Å². The molecule has 12 heavy (non-hydrogen) atoms. The van der Waals surface area contributed by atoms with Gasteiger partial charge in [0.25, 0.3) is 5.91 Å². The number of rotatable bonds is 1. The van der Waals surface area contributed by atoms with Crippen LogP contribution in [0.4, 0.5) is 0 Å². The lowest BCUT2D eigenvalue weighted by atomic mass is 10.4. The highest BCUT2D eigenvalue weighted by Gasteiger charge is 2.29. The zero-order valence-electron chi connectivity index (χ0n) is 6.73. The van der Waals surface area contributed by atoms with Crippen molar-refractivity contribution in [2.45, 2.75) is 0 Å². The maximum atomic E-state index is 11.2. The second-order valence-electron chi connectivity index (χ2n) is 2.50. The first-order chi connectivity index (χ1) is 5.83. The predicted molar refractivity (Wildman–Crippen MR) is 42.0 cm³/mol. The molecule has 5 heteroatoms. The molecule has 0 radical (unpaired) electrons. The molecule has 1 amide bonds. The molecule has 0 fully saturated rings. The fraction of sp³-hybridized carbons (Fsp3) is 0.429. The van der Waals surface area contributed by atoms with Crippen molar-refractivity contribution in [3.63, 3.8) is 0 Å². The molecule has 0 atom stereocenters. The van der Waals surface area contributed by atoms with E-state index in [2.05, 4.69) is 4.99 Å². The van der Waals surface area contributed by atoms with Crippen molar-refractivity contribution in [3.05, 3.63) is 12.3 Å². The summed E-state index contributed by atoms with van der Waals surface area (Å²) in [5.74, 6) is 0.560. The molecule has 0 N–H and O–H groups in total. The zero-order chi connectivity index (χ0) is 8.55. The van der Waals surface area contributed by atoms with E-state index in [1.165, 1.54) is 11.1 Å². The van der Waals surface area contributed by atoms with Crippen LogP contribution in [0.2, 0.25) is 0 Å². The summed E-state index contributed by atoms with van der Waals surface area (Å²) in [5.41, 5.74) is 0. The van der Waals surface area contributed by atoms with Gasteiger partial charge < -0.3 is 0 Å². The molecule has 0 aromatic heterocycles. The average molecular weight is 167 g/mol. The van der Waals surface area contributed by atoms with E-state index in [9.17, 15) is 4.79 Å². The third-order valence-electron chi connectivity index (χ3n) is 1.83. The van der Waals surface area contributed by atoms with Crippen LogP contribution in [0, 0.1) is 0 Å². The highest BCUT2D eigenvalue weighted by molar-refractivity contribution is 6.05. The van der Waals surface area contributed by atoms with Crippen molar-refractivity contribution in [2.24, 2.45) is 4.99 Å². The van der Waals surface area contributed by atoms with Gasteiger partial charge in [-0.15, -0.1) is 0 Å². The van der Waals surface area contributed by atoms with Gasteiger partial charge in [-0.1, -0.05) is 0 Å². The van der Waals surface area contributed by atoms with E-state index in [1.54, 1.807) is 18.2 Å². The minimum Gasteiger partial charge on any atom is -0.275 e. The van der Waals surface area contributed by atoms with Crippen LogP contribution in [0.1, 0.15) is 0 Å². The SMILES string of the molecule is CON1C=CC(=O)N2CCN=C12. The standard InChI is InChI=1S/C7H9N3O2/c1-12-10-4-2-6(11)9-5-3-8-7(9)10/h2,4H,3,5H2,1H3. The number of carbonyl (C=O) groups excluding carboxylic acids is 1. The van der Waals surface area contributed by atoms with Gasteiger partial charge in [0.2, 0.25) is 5.96 Å². The number of aliphatic imine (C=N–C) groups is 1. The van der Waals surface area contributed by atoms with E-state index in [1.807, 2.05) is 0 Å². The highest BCUT2D eigenvalue weighted by Crippen LogP contribution is 2.12. The van der Waals surface area contributed by atoms with Crippen molar-refractivity contribution in [1.29, 1.82) is 0 Å². The Balaban J connectivity index is 2.31. The van der Waals surface area contributed by atoms with E-state index in [4.69, 9.17) is 4.84 Å². The second-order valence-corrected chi connectivity index (χ2v) is 2.50. The lowest BCUT2D eigenvalue weighted by Crippen LogP contribution is -2.44. The number of guanidine groups is 1. The number of fused-ring (bicyclic) bond motifs is 1. The molecule has 0 spiro atoms. The molecular weight excluding hydrogens is 158 g/mol. The molecule has 0 saturated heterocycles. The topological polar surface area (TPSA) is 45.1 Å². The molecular formula is C7H9N3O2. The van der Waals surface area contributed by atoms with E-state index >= 15 is 0 Å². The monoisotopic (exact) mass is 167 g/mol. The molecule has 2 rings (SSSR count). The van der Waals surface area contributed by atoms with Gasteiger partial charge in [0, 0.05) is 18.8 Å². The van der Waals surface area contributed by atoms with Crippen molar-refractivity contribution in [3.8, 4) is 0 Å². The molecule has 0 aromatic rings. The van der Waals surface area contributed by atoms with Gasteiger partial charge >= 0.3 is 0 Å². The number of carbonyl (C=O) groups is 1. The van der Waals surface area contributed by atoms with Gasteiger partial charge in [-0.2, -0.15) is 5.06 Å². The number of amides is 1. The lowest BCUT2D eigenvalue weighted by Gasteiger charge is -2.27. The summed E-state index contributed by atoms with van der Waals surface area (Å²) in [6.07, 6.45) is 3.04. The number of hydroxylamine groups is 2. The first-order valence-electron chi connectivity index (χ1n) is 3.70. The third-order valence-corrected chi connectivity index (χ3v) is 1.83. The van der Waals surface area contributed by atoms with Crippen LogP contribution in [0.25, 0.3) is 0 Å². The maximum absolute atomic E-state index is 11.2. The normalized spacial score (nSPS) is 21.4. The van der Waals surface area contributed by atoms with Gasteiger partial charge in [-0.3, -0.25) is 14.5 Å². The molecule has 2 aliphatic heterocycles. The smallest absolute Gasteiger partial charge is 0.254 e.